The number of benzene rings is 6. The van der Waals surface area contributed by atoms with E-state index in [1.54, 1.807) is 22.6 Å². The predicted molar refractivity (Wildman–Crippen MR) is 426 cm³/mol. The van der Waals surface area contributed by atoms with Gasteiger partial charge in [0.25, 0.3) is 0 Å². The Morgan fingerprint density at radius 1 is 0.354 bits per heavy atom. The van der Waals surface area contributed by atoms with Gasteiger partial charge in [-0.05, 0) is 134 Å². The Morgan fingerprint density at radius 2 is 0.750 bits per heavy atom. The molecular weight excluding hydrogens is 1300 g/mol. The number of nitrogens with zero attached hydrogens (tertiary/aromatic N) is 4. The number of rotatable bonds is 11. The molecule has 0 aliphatic heterocycles. The van der Waals surface area contributed by atoms with Crippen LogP contribution in [-0.4, -0.2) is 34.6 Å². The average molecular weight is 1430 g/mol. The average Bonchev–Trinajstić information content (AvgIpc) is 0.759. The third-order valence-electron chi connectivity index (χ3n) is 17.7. The molecular formula is C89H120Ge2N4Si+4. The van der Waals surface area contributed by atoms with Gasteiger partial charge in [0.2, 0.25) is 11.4 Å². The van der Waals surface area contributed by atoms with Crippen molar-refractivity contribution in [2.45, 2.75) is 178 Å². The van der Waals surface area contributed by atoms with Gasteiger partial charge in [-0.3, -0.25) is 0 Å². The molecule has 504 valence electrons. The van der Waals surface area contributed by atoms with E-state index >= 15 is 0 Å². The van der Waals surface area contributed by atoms with Gasteiger partial charge in [-0.2, -0.15) is 0 Å². The molecule has 0 aliphatic rings. The Morgan fingerprint density at radius 3 is 1.15 bits per heavy atom. The molecule has 0 aliphatic carbocycles. The number of aromatic nitrogens is 4. The van der Waals surface area contributed by atoms with Crippen LogP contribution in [0.15, 0.2) is 176 Å². The fraction of sp³-hybridized carbons (Fsp3) is 0.371. The van der Waals surface area contributed by atoms with Crippen LogP contribution in [0.25, 0.3) is 67.3 Å². The molecule has 0 spiro atoms. The van der Waals surface area contributed by atoms with Crippen molar-refractivity contribution in [3.05, 3.63) is 243 Å². The van der Waals surface area contributed by atoms with Crippen LogP contribution >= 0.6 is 0 Å². The Bertz CT molecular complexity index is 4580. The van der Waals surface area contributed by atoms with Crippen molar-refractivity contribution in [1.29, 1.82) is 0 Å². The topological polar surface area (TPSA) is 15.5 Å². The van der Waals surface area contributed by atoms with Gasteiger partial charge in [-0.1, -0.05) is 138 Å². The molecule has 4 nitrogen and oxygen atoms in total. The maximum Gasteiger partial charge on any atom is 0.212 e. The first kappa shape index (κ1) is 62.7. The van der Waals surface area contributed by atoms with Gasteiger partial charge < -0.3 is 0 Å². The zero-order chi connectivity index (χ0) is 79.9. The minimum Gasteiger partial charge on any atom is -0.201 e. The van der Waals surface area contributed by atoms with E-state index in [4.69, 9.17) is 13.7 Å². The largest absolute Gasteiger partial charge is 0.212 e. The van der Waals surface area contributed by atoms with Gasteiger partial charge in [0, 0.05) is 44.0 Å². The van der Waals surface area contributed by atoms with Crippen molar-refractivity contribution in [2.75, 3.05) is 0 Å². The summed E-state index contributed by atoms with van der Waals surface area (Å²) in [5.74, 6) is 14.4. The van der Waals surface area contributed by atoms with Crippen LogP contribution in [-0.2, 0) is 40.9 Å². The van der Waals surface area contributed by atoms with Gasteiger partial charge in [0.05, 0.1) is 8.07 Å². The number of hydrogen-bond acceptors (Lipinski definition) is 0. The summed E-state index contributed by atoms with van der Waals surface area (Å²) in [6.45, 7) is 31.0. The summed E-state index contributed by atoms with van der Waals surface area (Å²) in [6, 6.07) is 52.4. The Hall–Kier alpha value is -6.78. The first-order valence-corrected chi connectivity index (χ1v) is 52.3. The van der Waals surface area contributed by atoms with E-state index in [0.29, 0.717) is 22.3 Å². The van der Waals surface area contributed by atoms with E-state index in [2.05, 4.69) is 206 Å². The second-order valence-electron chi connectivity index (χ2n) is 32.1. The molecule has 0 atom stereocenters. The molecule has 10 rings (SSSR count). The van der Waals surface area contributed by atoms with Gasteiger partial charge in [0.1, 0.15) is 14.1 Å². The summed E-state index contributed by atoms with van der Waals surface area (Å²) in [6.07, 6.45) is 5.50. The first-order chi connectivity index (χ1) is 48.5. The molecule has 0 saturated carbocycles. The molecule has 0 radical (unpaired) electrons. The monoisotopic (exact) mass is 1430 g/mol. The zero-order valence-corrected chi connectivity index (χ0v) is 68.7. The summed E-state index contributed by atoms with van der Waals surface area (Å²) in [5, 5.41) is 1.48. The minimum absolute atomic E-state index is 0.340. The van der Waals surface area contributed by atoms with E-state index in [-0.39, 0.29) is 0 Å². The summed E-state index contributed by atoms with van der Waals surface area (Å²) in [4.78, 5) is 0. The maximum atomic E-state index is 8.79. The van der Waals surface area contributed by atoms with Crippen molar-refractivity contribution < 1.29 is 32.0 Å². The molecule has 96 heavy (non-hydrogen) atoms. The predicted octanol–water partition coefficient (Wildman–Crippen LogP) is 19.9. The van der Waals surface area contributed by atoms with Crippen LogP contribution < -0.4 is 32.2 Å². The van der Waals surface area contributed by atoms with Crippen LogP contribution in [0.3, 0.4) is 0 Å². The Kier molecular flexibility index (Phi) is 20.2. The summed E-state index contributed by atoms with van der Waals surface area (Å²) < 4.78 is 93.4. The van der Waals surface area contributed by atoms with E-state index in [0.717, 1.165) is 67.2 Å². The number of aryl methyl sites for hydroxylation is 14. The Labute approximate surface area is 603 Å². The van der Waals surface area contributed by atoms with Gasteiger partial charge in [-0.25, -0.2) is 9.13 Å². The fourth-order valence-electron chi connectivity index (χ4n) is 12.1. The van der Waals surface area contributed by atoms with Crippen LogP contribution in [0, 0.1) is 79.9 Å². The molecule has 0 amide bonds. The van der Waals surface area contributed by atoms with Crippen molar-refractivity contribution in [3.63, 3.8) is 0 Å². The van der Waals surface area contributed by atoms with Gasteiger partial charge in [0.15, 0.2) is 12.4 Å². The molecule has 6 aromatic carbocycles. The first-order valence-electron chi connectivity index (χ1n) is 39.1. The van der Waals surface area contributed by atoms with E-state index in [1.807, 2.05) is 150 Å². The molecule has 10 aromatic rings. The maximum absolute atomic E-state index is 8.79. The third-order valence-corrected chi connectivity index (χ3v) is 28.3. The van der Waals surface area contributed by atoms with E-state index in [9.17, 15) is 0 Å². The second-order valence-corrected chi connectivity index (χ2v) is 58.4. The van der Waals surface area contributed by atoms with E-state index in [1.165, 1.54) is 54.2 Å². The standard InChI is InChI=1S/C29H40NSi.C27H34N.C17H24GeN.C16H22GeN/c1-20-11-13-23(14-12-20)26-17-25(22(3)16-28(26)31(8,9)10)27-15-21(2)24(19-30(27)7)18-29(4,5)6;1-18-9-11-22(12-10-18)24-15-25(21(4)13-20(24)3)26-14-19(2)23(17-28(26)8)16-27(5,6)7;1-13-7-9-16(14(2)11-13)17-10-8-15(12-19(17)6)18(3,4)5;1-13-8-6-7-9-15(13)16-11-10-14(12-18(16)5)17(2,3)4/h11-17,19H,18H2,1-10H3;9-15,17H,16H2,1-8H3;7-12H,1-6H3;6-12H,1-5H3/q4*+1/i18D2;3D3,16D2;1D3;. The SMILES string of the molecule is Cc1ccccc1-c1cc[c]([Ge]([CH3])([CH3])[CH3])c[n+]1C.[2H]C([2H])([2H])c1cc(C)c(-c2cc(C)c(C([2H])([2H])C(C)(C)C)c[n+]2C)cc1-c1ccc(C)cc1.[2H]C([2H])([2H])c1ccc(-c2cc[c]([Ge]([CH3])([CH3])[CH3])c[n+]2C)c(C)c1.[2H]C([2H])(c1c[n+](C)c(-c2cc(-c3ccc(C)cc3)c([Si](C)(C)C)cc2C)cc1C)C(C)(C)C. The summed E-state index contributed by atoms with van der Waals surface area (Å²) >= 11 is -3.55. The summed E-state index contributed by atoms with van der Waals surface area (Å²) in [7, 11) is 6.60. The number of hydrogen-bond donors (Lipinski definition) is 0. The van der Waals surface area contributed by atoms with Crippen LogP contribution in [0.1, 0.15) is 122 Å². The van der Waals surface area contributed by atoms with E-state index < -0.39 is 71.9 Å². The van der Waals surface area contributed by atoms with Crippen molar-refractivity contribution in [2.24, 2.45) is 39.0 Å². The van der Waals surface area contributed by atoms with Crippen molar-refractivity contribution in [3.8, 4) is 67.3 Å². The molecule has 0 bridgehead atoms. The smallest absolute Gasteiger partial charge is 0.201 e. The van der Waals surface area contributed by atoms with Crippen LogP contribution in [0.2, 0.25) is 54.2 Å². The van der Waals surface area contributed by atoms with Crippen LogP contribution in [0.5, 0.6) is 0 Å². The number of pyridine rings is 4. The molecule has 0 N–H and O–H groups in total. The van der Waals surface area contributed by atoms with Crippen molar-refractivity contribution in [1.82, 2.24) is 0 Å². The van der Waals surface area contributed by atoms with Gasteiger partial charge in [-0.15, -0.1) is 0 Å². The molecule has 0 saturated heterocycles. The Balaban J connectivity index is 0.000000203. The molecule has 0 unspecified atom stereocenters. The molecule has 7 heteroatoms. The second kappa shape index (κ2) is 31.0. The molecule has 4 heterocycles. The van der Waals surface area contributed by atoms with Crippen molar-refractivity contribution >= 4 is 48.6 Å². The molecule has 0 fully saturated rings. The van der Waals surface area contributed by atoms with Gasteiger partial charge >= 0.3 is 236 Å². The fourth-order valence-corrected chi connectivity index (χ4v) is 18.7. The normalized spacial score (nSPS) is 14.0. The third kappa shape index (κ3) is 20.2. The summed E-state index contributed by atoms with van der Waals surface area (Å²) in [5.41, 5.74) is 23.0. The van der Waals surface area contributed by atoms with Crippen LogP contribution in [0.4, 0.5) is 0 Å². The minimum atomic E-state index is -2.23. The zero-order valence-electron chi connectivity index (χ0n) is 73.5. The quantitative estimate of drug-likeness (QED) is 0.0906. The molecule has 4 aromatic heterocycles.